The molecule has 1 aromatic rings. The van der Waals surface area contributed by atoms with E-state index in [9.17, 15) is 13.9 Å². The van der Waals surface area contributed by atoms with Crippen molar-refractivity contribution in [3.05, 3.63) is 35.9 Å². The van der Waals surface area contributed by atoms with E-state index < -0.39 is 12.0 Å². The smallest absolute Gasteiger partial charge is 0.337 e. The van der Waals surface area contributed by atoms with Gasteiger partial charge in [-0.1, -0.05) is 56.0 Å². The minimum Gasteiger partial charge on any atom is -0.381 e. The summed E-state index contributed by atoms with van der Waals surface area (Å²) in [5.74, 6) is 0.939. The zero-order valence-electron chi connectivity index (χ0n) is 10.5. The molecule has 0 heterocycles. The average Bonchev–Trinajstić information content (AvgIpc) is 2.38. The van der Waals surface area contributed by atoms with Gasteiger partial charge < -0.3 is 5.11 Å². The molecular weight excluding hydrogens is 234 g/mol. The Morgan fingerprint density at radius 2 is 1.89 bits per heavy atom. The molecule has 18 heavy (non-hydrogen) atoms. The van der Waals surface area contributed by atoms with Crippen LogP contribution in [0.1, 0.15) is 44.3 Å². The molecule has 0 spiro atoms. The van der Waals surface area contributed by atoms with Gasteiger partial charge in [-0.3, -0.25) is 0 Å². The van der Waals surface area contributed by atoms with E-state index in [0.29, 0.717) is 6.42 Å². The molecule has 1 atom stereocenters. The summed E-state index contributed by atoms with van der Waals surface area (Å²) in [5, 5.41) is 9.60. The Morgan fingerprint density at radius 1 is 1.22 bits per heavy atom. The first-order valence-corrected chi connectivity index (χ1v) is 6.18. The number of hydrogen-bond acceptors (Lipinski definition) is 1. The molecule has 0 fully saturated rings. The lowest BCUT2D eigenvalue weighted by Crippen LogP contribution is -2.24. The molecule has 1 nitrogen and oxygen atoms in total. The van der Waals surface area contributed by atoms with Crippen LogP contribution in [0.5, 0.6) is 0 Å². The molecule has 0 saturated carbocycles. The van der Waals surface area contributed by atoms with Crippen LogP contribution >= 0.6 is 0 Å². The Kier molecular flexibility index (Phi) is 5.80. The van der Waals surface area contributed by atoms with Gasteiger partial charge in [0.2, 0.25) is 0 Å². The maximum Gasteiger partial charge on any atom is 0.337 e. The van der Waals surface area contributed by atoms with Crippen LogP contribution in [0.3, 0.4) is 0 Å². The second kappa shape index (κ2) is 7.13. The topological polar surface area (TPSA) is 20.2 Å². The first kappa shape index (κ1) is 14.7. The minimum absolute atomic E-state index is 0.186. The fourth-order valence-corrected chi connectivity index (χ4v) is 1.56. The Labute approximate surface area is 107 Å². The molecular formula is C15H18F2O. The zero-order valence-corrected chi connectivity index (χ0v) is 10.5. The van der Waals surface area contributed by atoms with Crippen molar-refractivity contribution in [3.8, 4) is 11.8 Å². The van der Waals surface area contributed by atoms with E-state index in [2.05, 4.69) is 5.92 Å². The van der Waals surface area contributed by atoms with Crippen LogP contribution in [0.2, 0.25) is 0 Å². The monoisotopic (exact) mass is 252 g/mol. The predicted molar refractivity (Wildman–Crippen MR) is 68.3 cm³/mol. The predicted octanol–water partition coefficient (Wildman–Crippen LogP) is 3.94. The Morgan fingerprint density at radius 3 is 2.50 bits per heavy atom. The maximum atomic E-state index is 13.6. The molecule has 0 amide bonds. The molecule has 98 valence electrons. The number of aliphatic hydroxyl groups is 1. The summed E-state index contributed by atoms with van der Waals surface area (Å²) >= 11 is 0. The number of aliphatic hydroxyl groups excluding tert-OH is 1. The third-order valence-electron chi connectivity index (χ3n) is 2.62. The average molecular weight is 252 g/mol. The van der Waals surface area contributed by atoms with Crippen LogP contribution in [0.4, 0.5) is 8.78 Å². The standard InChI is InChI=1S/C15H18F2O/c1-2-3-4-5-9-12-15(16,17)14(18)13-10-7-6-8-11-13/h6-8,10-11,14,18H,2-5H2,1H3. The van der Waals surface area contributed by atoms with Gasteiger partial charge in [0.15, 0.2) is 6.10 Å². The normalized spacial score (nSPS) is 12.7. The number of alkyl halides is 2. The summed E-state index contributed by atoms with van der Waals surface area (Å²) in [6.45, 7) is 2.04. The van der Waals surface area contributed by atoms with Crippen molar-refractivity contribution in [2.24, 2.45) is 0 Å². The van der Waals surface area contributed by atoms with Crippen LogP contribution in [0.25, 0.3) is 0 Å². The lowest BCUT2D eigenvalue weighted by molar-refractivity contribution is -0.0636. The van der Waals surface area contributed by atoms with Crippen LogP contribution in [0, 0.1) is 11.8 Å². The summed E-state index contributed by atoms with van der Waals surface area (Å²) < 4.78 is 27.2. The van der Waals surface area contributed by atoms with Gasteiger partial charge in [-0.05, 0) is 17.9 Å². The fourth-order valence-electron chi connectivity index (χ4n) is 1.56. The molecule has 1 aromatic carbocycles. The van der Waals surface area contributed by atoms with Crippen molar-refractivity contribution < 1.29 is 13.9 Å². The first-order valence-electron chi connectivity index (χ1n) is 6.18. The van der Waals surface area contributed by atoms with E-state index in [1.165, 1.54) is 12.1 Å². The number of hydrogen-bond donors (Lipinski definition) is 1. The van der Waals surface area contributed by atoms with Gasteiger partial charge in [0.05, 0.1) is 0 Å². The van der Waals surface area contributed by atoms with Crippen LogP contribution in [-0.2, 0) is 0 Å². The van der Waals surface area contributed by atoms with Gasteiger partial charge in [-0.15, -0.1) is 0 Å². The molecule has 1 N–H and O–H groups in total. The largest absolute Gasteiger partial charge is 0.381 e. The Balaban J connectivity index is 2.62. The molecule has 0 aromatic heterocycles. The Hall–Kier alpha value is -1.40. The first-order chi connectivity index (χ1) is 8.58. The lowest BCUT2D eigenvalue weighted by atomic mass is 10.0. The van der Waals surface area contributed by atoms with Gasteiger partial charge in [0.1, 0.15) is 0 Å². The molecule has 1 rings (SSSR count). The van der Waals surface area contributed by atoms with Crippen LogP contribution < -0.4 is 0 Å². The lowest BCUT2D eigenvalue weighted by Gasteiger charge is -2.17. The van der Waals surface area contributed by atoms with Crippen LogP contribution in [0.15, 0.2) is 30.3 Å². The van der Waals surface area contributed by atoms with E-state index in [-0.39, 0.29) is 5.56 Å². The highest BCUT2D eigenvalue weighted by Crippen LogP contribution is 2.30. The van der Waals surface area contributed by atoms with Crippen molar-refractivity contribution in [2.45, 2.75) is 44.6 Å². The van der Waals surface area contributed by atoms with Crippen LogP contribution in [-0.4, -0.2) is 11.0 Å². The van der Waals surface area contributed by atoms with E-state index >= 15 is 0 Å². The highest BCUT2D eigenvalue weighted by Gasteiger charge is 2.37. The highest BCUT2D eigenvalue weighted by molar-refractivity contribution is 5.24. The number of unbranched alkanes of at least 4 members (excludes halogenated alkanes) is 3. The zero-order chi connectivity index (χ0) is 13.4. The van der Waals surface area contributed by atoms with Crippen molar-refractivity contribution in [3.63, 3.8) is 0 Å². The van der Waals surface area contributed by atoms with Crippen molar-refractivity contribution >= 4 is 0 Å². The molecule has 0 saturated heterocycles. The SMILES string of the molecule is CCCCCC#CC(F)(F)C(O)c1ccccc1. The molecule has 0 bridgehead atoms. The third-order valence-corrected chi connectivity index (χ3v) is 2.62. The summed E-state index contributed by atoms with van der Waals surface area (Å²) in [4.78, 5) is 0. The molecule has 3 heteroatoms. The number of benzene rings is 1. The second-order valence-corrected chi connectivity index (χ2v) is 4.20. The Bertz CT molecular complexity index is 403. The van der Waals surface area contributed by atoms with Crippen molar-refractivity contribution in [1.82, 2.24) is 0 Å². The van der Waals surface area contributed by atoms with Gasteiger partial charge in [0, 0.05) is 6.42 Å². The minimum atomic E-state index is -3.40. The van der Waals surface area contributed by atoms with Crippen molar-refractivity contribution in [1.29, 1.82) is 0 Å². The third kappa shape index (κ3) is 4.46. The second-order valence-electron chi connectivity index (χ2n) is 4.20. The van der Waals surface area contributed by atoms with Gasteiger partial charge in [-0.2, -0.15) is 8.78 Å². The number of halogens is 2. The maximum absolute atomic E-state index is 13.6. The van der Waals surface area contributed by atoms with Gasteiger partial charge >= 0.3 is 5.92 Å². The van der Waals surface area contributed by atoms with E-state index in [0.717, 1.165) is 19.3 Å². The fraction of sp³-hybridized carbons (Fsp3) is 0.467. The summed E-state index contributed by atoms with van der Waals surface area (Å²) in [6, 6.07) is 7.88. The highest BCUT2D eigenvalue weighted by atomic mass is 19.3. The molecule has 0 aliphatic rings. The molecule has 0 aliphatic heterocycles. The summed E-state index contributed by atoms with van der Waals surface area (Å²) in [5.41, 5.74) is 0.186. The summed E-state index contributed by atoms with van der Waals surface area (Å²) in [7, 11) is 0. The summed E-state index contributed by atoms with van der Waals surface area (Å²) in [6.07, 6.45) is 1.43. The van der Waals surface area contributed by atoms with Crippen molar-refractivity contribution in [2.75, 3.05) is 0 Å². The van der Waals surface area contributed by atoms with Gasteiger partial charge in [0.25, 0.3) is 0 Å². The molecule has 0 aliphatic carbocycles. The number of rotatable bonds is 5. The molecule has 0 radical (unpaired) electrons. The molecule has 1 unspecified atom stereocenters. The van der Waals surface area contributed by atoms with E-state index in [4.69, 9.17) is 0 Å². The quantitative estimate of drug-likeness (QED) is 0.621. The van der Waals surface area contributed by atoms with E-state index in [1.54, 1.807) is 18.2 Å². The van der Waals surface area contributed by atoms with Gasteiger partial charge in [-0.25, -0.2) is 0 Å². The van der Waals surface area contributed by atoms with E-state index in [1.807, 2.05) is 12.8 Å².